The van der Waals surface area contributed by atoms with E-state index in [0.717, 1.165) is 59.7 Å². The van der Waals surface area contributed by atoms with Gasteiger partial charge in [0, 0.05) is 36.9 Å². The molecule has 8 radical (unpaired) electrons. The highest BCUT2D eigenvalue weighted by Gasteiger charge is 2.26. The Labute approximate surface area is 381 Å². The van der Waals surface area contributed by atoms with E-state index in [0.29, 0.717) is 33.1 Å². The van der Waals surface area contributed by atoms with Gasteiger partial charge in [-0.15, -0.1) is 11.3 Å². The molecule has 0 aliphatic rings. The molecule has 1 aromatic heterocycles. The van der Waals surface area contributed by atoms with E-state index in [1.165, 1.54) is 42.8 Å². The van der Waals surface area contributed by atoms with Gasteiger partial charge in [0.15, 0.2) is 0 Å². The van der Waals surface area contributed by atoms with Crippen molar-refractivity contribution in [3.63, 3.8) is 0 Å². The predicted octanol–water partition coefficient (Wildman–Crippen LogP) is 12.3. The average molecular weight is 819 g/mol. The van der Waals surface area contributed by atoms with Crippen molar-refractivity contribution in [3.8, 4) is 33.4 Å². The van der Waals surface area contributed by atoms with Gasteiger partial charge in [0.25, 0.3) is 0 Å². The van der Waals surface area contributed by atoms with Gasteiger partial charge in [0.1, 0.15) is 31.4 Å². The number of benzene rings is 11. The molecule has 64 heavy (non-hydrogen) atoms. The van der Waals surface area contributed by atoms with Gasteiger partial charge >= 0.3 is 0 Å². The van der Waals surface area contributed by atoms with Crippen LogP contribution in [0, 0.1) is 0 Å². The third-order valence-electron chi connectivity index (χ3n) is 12.9. The molecule has 0 unspecified atom stereocenters. The van der Waals surface area contributed by atoms with Gasteiger partial charge in [0.05, 0.1) is 5.69 Å². The molecule has 1 nitrogen and oxygen atoms in total. The average Bonchev–Trinajstić information content (AvgIpc) is 3.74. The molecule has 0 aliphatic heterocycles. The Bertz CT molecular complexity index is 3810. The second kappa shape index (κ2) is 15.2. The van der Waals surface area contributed by atoms with Crippen molar-refractivity contribution >= 4 is 145 Å². The number of rotatable bonds is 6. The van der Waals surface area contributed by atoms with Crippen LogP contribution in [0.15, 0.2) is 200 Å². The van der Waals surface area contributed by atoms with Crippen LogP contribution in [0.1, 0.15) is 0 Å². The van der Waals surface area contributed by atoms with Crippen LogP contribution >= 0.6 is 11.3 Å². The van der Waals surface area contributed by atoms with Crippen molar-refractivity contribution in [2.24, 2.45) is 0 Å². The third kappa shape index (κ3) is 5.90. The molecule has 0 N–H and O–H groups in total. The largest absolute Gasteiger partial charge is 0.311 e. The molecule has 0 fully saturated rings. The van der Waals surface area contributed by atoms with Crippen LogP contribution in [-0.4, -0.2) is 31.4 Å². The van der Waals surface area contributed by atoms with E-state index in [2.05, 4.69) is 199 Å². The zero-order chi connectivity index (χ0) is 43.1. The van der Waals surface area contributed by atoms with Gasteiger partial charge in [0.2, 0.25) is 0 Å². The van der Waals surface area contributed by atoms with E-state index >= 15 is 0 Å². The minimum atomic E-state index is 0.355. The molecule has 0 amide bonds. The molecule has 0 spiro atoms. The minimum Gasteiger partial charge on any atom is -0.311 e. The Balaban J connectivity index is 1.12. The number of hydrogen-bond donors (Lipinski definition) is 0. The van der Waals surface area contributed by atoms with Crippen LogP contribution < -0.4 is 26.8 Å². The summed E-state index contributed by atoms with van der Waals surface area (Å²) in [4.78, 5) is 2.15. The molecular formula is C58H33B4NS. The predicted molar refractivity (Wildman–Crippen MR) is 282 cm³/mol. The highest BCUT2D eigenvalue weighted by atomic mass is 32.1. The van der Waals surface area contributed by atoms with Gasteiger partial charge in [-0.25, -0.2) is 0 Å². The van der Waals surface area contributed by atoms with E-state index in [4.69, 9.17) is 31.4 Å². The molecule has 6 heteroatoms. The standard InChI is InChI=1S/C58H33B4NS/c59-53-52(47-27-14-26-46-43-23-12-13-28-49(43)64-58(46)47)54(60)56(62)57(55(53)61)63(48-33-36-17-4-5-18-38(36)39-19-6-9-22-42(39)48)37-31-29-35(30-32-37)51-45-25-11-8-21-41(45)40-20-7-10-24-44(40)50(51)34-15-2-1-3-16-34/h1-33H. The fourth-order valence-corrected chi connectivity index (χ4v) is 11.2. The maximum absolute atomic E-state index is 7.36. The van der Waals surface area contributed by atoms with Crippen LogP contribution in [0.3, 0.4) is 0 Å². The van der Waals surface area contributed by atoms with E-state index in [-0.39, 0.29) is 0 Å². The van der Waals surface area contributed by atoms with Crippen LogP contribution in [0.25, 0.3) is 96.6 Å². The Hall–Kier alpha value is -7.26. The summed E-state index contributed by atoms with van der Waals surface area (Å²) < 4.78 is 2.27. The summed E-state index contributed by atoms with van der Waals surface area (Å²) >= 11 is 1.72. The van der Waals surface area contributed by atoms with Gasteiger partial charge in [-0.3, -0.25) is 0 Å². The van der Waals surface area contributed by atoms with Crippen molar-refractivity contribution < 1.29 is 0 Å². The quantitative estimate of drug-likeness (QED) is 0.119. The normalized spacial score (nSPS) is 11.7. The van der Waals surface area contributed by atoms with Crippen molar-refractivity contribution in [2.75, 3.05) is 4.90 Å². The maximum Gasteiger partial charge on any atom is 0.115 e. The fraction of sp³-hybridized carbons (Fsp3) is 0. The lowest BCUT2D eigenvalue weighted by Crippen LogP contribution is -2.46. The Morgan fingerprint density at radius 1 is 0.344 bits per heavy atom. The topological polar surface area (TPSA) is 3.24 Å². The summed E-state index contributed by atoms with van der Waals surface area (Å²) in [6, 6.07) is 70.7. The first-order valence-electron chi connectivity index (χ1n) is 21.4. The molecule has 288 valence electrons. The monoisotopic (exact) mass is 819 g/mol. The maximum atomic E-state index is 7.36. The molecule has 12 aromatic rings. The number of thiophene rings is 1. The molecule has 0 aliphatic carbocycles. The van der Waals surface area contributed by atoms with Crippen LogP contribution in [-0.2, 0) is 0 Å². The van der Waals surface area contributed by atoms with Crippen molar-refractivity contribution in [1.29, 1.82) is 0 Å². The number of hydrogen-bond acceptors (Lipinski definition) is 2. The summed E-state index contributed by atoms with van der Waals surface area (Å²) in [5.41, 5.74) is 9.92. The highest BCUT2D eigenvalue weighted by molar-refractivity contribution is 7.26. The van der Waals surface area contributed by atoms with Crippen molar-refractivity contribution in [2.45, 2.75) is 0 Å². The first-order valence-corrected chi connectivity index (χ1v) is 22.2. The number of fused-ring (bicyclic) bond motifs is 9. The molecular weight excluding hydrogens is 786 g/mol. The molecule has 12 rings (SSSR count). The lowest BCUT2D eigenvalue weighted by molar-refractivity contribution is 1.33. The molecule has 0 bridgehead atoms. The Morgan fingerprint density at radius 2 is 0.828 bits per heavy atom. The highest BCUT2D eigenvalue weighted by Crippen LogP contribution is 2.47. The van der Waals surface area contributed by atoms with Gasteiger partial charge in [-0.2, -0.15) is 0 Å². The summed E-state index contributed by atoms with van der Waals surface area (Å²) in [5, 5.41) is 11.5. The van der Waals surface area contributed by atoms with E-state index < -0.39 is 0 Å². The Kier molecular flexibility index (Phi) is 9.14. The SMILES string of the molecule is [B]c1c([B])c(N(c2ccc(-c3c(-c4ccccc4)c4ccccc4c4ccccc34)cc2)c2cc3ccccc3c3ccccc23)c([B])c([B])c1-c1cccc2c1sc1ccccc12. The molecule has 0 atom stereocenters. The molecule has 1 heterocycles. The minimum absolute atomic E-state index is 0.355. The Morgan fingerprint density at radius 3 is 1.47 bits per heavy atom. The van der Waals surface area contributed by atoms with Crippen molar-refractivity contribution in [3.05, 3.63) is 200 Å². The second-order valence-corrected chi connectivity index (χ2v) is 17.5. The third-order valence-corrected chi connectivity index (χ3v) is 14.1. The second-order valence-electron chi connectivity index (χ2n) is 16.4. The summed E-state index contributed by atoms with van der Waals surface area (Å²) in [6.07, 6.45) is 0. The summed E-state index contributed by atoms with van der Waals surface area (Å²) in [7, 11) is 29.2. The van der Waals surface area contributed by atoms with Crippen molar-refractivity contribution in [1.82, 2.24) is 0 Å². The van der Waals surface area contributed by atoms with Gasteiger partial charge in [-0.05, 0) is 95.3 Å². The first kappa shape index (κ1) is 38.4. The first-order chi connectivity index (χ1) is 31.5. The lowest BCUT2D eigenvalue weighted by atomic mass is 9.64. The summed E-state index contributed by atoms with van der Waals surface area (Å²) in [5.74, 6) is 0. The van der Waals surface area contributed by atoms with Crippen LogP contribution in [0.2, 0.25) is 0 Å². The number of anilines is 3. The smallest absolute Gasteiger partial charge is 0.115 e. The molecule has 0 saturated heterocycles. The van der Waals surface area contributed by atoms with E-state index in [9.17, 15) is 0 Å². The van der Waals surface area contributed by atoms with E-state index in [1.54, 1.807) is 11.3 Å². The van der Waals surface area contributed by atoms with Crippen LogP contribution in [0.5, 0.6) is 0 Å². The zero-order valence-electron chi connectivity index (χ0n) is 34.7. The van der Waals surface area contributed by atoms with Gasteiger partial charge < -0.3 is 4.90 Å². The molecule has 11 aromatic carbocycles. The van der Waals surface area contributed by atoms with Gasteiger partial charge in [-0.1, -0.05) is 198 Å². The number of nitrogens with zero attached hydrogens (tertiary/aromatic N) is 1. The lowest BCUT2D eigenvalue weighted by Gasteiger charge is -2.34. The fourth-order valence-electron chi connectivity index (χ4n) is 10.0. The molecule has 0 saturated carbocycles. The van der Waals surface area contributed by atoms with E-state index in [1.807, 2.05) is 6.07 Å². The zero-order valence-corrected chi connectivity index (χ0v) is 35.5. The summed E-state index contributed by atoms with van der Waals surface area (Å²) in [6.45, 7) is 0. The van der Waals surface area contributed by atoms with Crippen LogP contribution in [0.4, 0.5) is 17.1 Å².